The van der Waals surface area contributed by atoms with Gasteiger partial charge in [0.15, 0.2) is 0 Å². The van der Waals surface area contributed by atoms with E-state index in [9.17, 15) is 9.59 Å². The number of nitrogens with one attached hydrogen (secondary N) is 1. The third kappa shape index (κ3) is 4.73. The van der Waals surface area contributed by atoms with Crippen molar-refractivity contribution in [3.8, 4) is 5.88 Å². The zero-order valence-electron chi connectivity index (χ0n) is 13.2. The van der Waals surface area contributed by atoms with E-state index in [1.807, 2.05) is 13.8 Å². The van der Waals surface area contributed by atoms with Crippen molar-refractivity contribution in [2.75, 3.05) is 6.61 Å². The van der Waals surface area contributed by atoms with Crippen LogP contribution in [0.4, 0.5) is 0 Å². The number of halogens is 1. The van der Waals surface area contributed by atoms with Crippen LogP contribution in [0, 0.1) is 5.92 Å². The summed E-state index contributed by atoms with van der Waals surface area (Å²) in [6.07, 6.45) is 1.36. The minimum absolute atomic E-state index is 0.0509. The van der Waals surface area contributed by atoms with E-state index in [2.05, 4.69) is 10.3 Å². The van der Waals surface area contributed by atoms with Crippen LogP contribution in [0.15, 0.2) is 28.8 Å². The van der Waals surface area contributed by atoms with Gasteiger partial charge in [-0.15, -0.1) is 0 Å². The number of aromatic nitrogens is 1. The van der Waals surface area contributed by atoms with Crippen LogP contribution in [-0.2, 0) is 6.54 Å². The number of carboxylic acid groups (broad SMARTS) is 1. The molecular formula is C16H17ClN2O5. The molecule has 0 radical (unpaired) electrons. The summed E-state index contributed by atoms with van der Waals surface area (Å²) in [6.45, 7) is 4.53. The van der Waals surface area contributed by atoms with Gasteiger partial charge in [-0.05, 0) is 24.1 Å². The molecule has 0 aliphatic heterocycles. The number of carboxylic acids is 1. The first-order valence-electron chi connectivity index (χ1n) is 7.25. The molecule has 8 heteroatoms. The maximum absolute atomic E-state index is 12.1. The van der Waals surface area contributed by atoms with Crippen LogP contribution in [0.5, 0.6) is 5.88 Å². The predicted octanol–water partition coefficient (Wildman–Crippen LogP) is 2.99. The fourth-order valence-electron chi connectivity index (χ4n) is 1.76. The van der Waals surface area contributed by atoms with Crippen LogP contribution in [0.25, 0.3) is 0 Å². The molecule has 0 fully saturated rings. The Labute approximate surface area is 143 Å². The van der Waals surface area contributed by atoms with E-state index in [1.165, 1.54) is 24.4 Å². The number of ether oxygens (including phenoxy) is 1. The zero-order chi connectivity index (χ0) is 17.7. The smallest absolute Gasteiger partial charge is 0.371 e. The Balaban J connectivity index is 1.96. The number of carbonyl (C=O) groups excluding carboxylic acids is 1. The fourth-order valence-corrected chi connectivity index (χ4v) is 1.98. The van der Waals surface area contributed by atoms with Crippen molar-refractivity contribution in [3.63, 3.8) is 0 Å². The Bertz CT molecular complexity index is 742. The van der Waals surface area contributed by atoms with Gasteiger partial charge in [-0.25, -0.2) is 9.78 Å². The summed E-state index contributed by atoms with van der Waals surface area (Å²) in [4.78, 5) is 26.8. The second kappa shape index (κ2) is 7.83. The molecule has 24 heavy (non-hydrogen) atoms. The van der Waals surface area contributed by atoms with Gasteiger partial charge >= 0.3 is 5.97 Å². The molecule has 0 aliphatic rings. The van der Waals surface area contributed by atoms with Gasteiger partial charge in [0.1, 0.15) is 10.8 Å². The lowest BCUT2D eigenvalue weighted by Crippen LogP contribution is -2.22. The highest BCUT2D eigenvalue weighted by Crippen LogP contribution is 2.23. The van der Waals surface area contributed by atoms with E-state index >= 15 is 0 Å². The fraction of sp³-hybridized carbons (Fsp3) is 0.312. The van der Waals surface area contributed by atoms with Gasteiger partial charge < -0.3 is 19.6 Å². The molecule has 2 aromatic rings. The highest BCUT2D eigenvalue weighted by molar-refractivity contribution is 6.32. The second-order valence-electron chi connectivity index (χ2n) is 5.47. The molecule has 2 rings (SSSR count). The standard InChI is InChI=1S/C16H17ClN2O5/c1-9(2)8-23-15-12(17)5-10(6-19-15)14(20)18-7-11-3-4-13(24-11)16(21)22/h3-6,9H,7-8H2,1-2H3,(H,18,20)(H,21,22). The van der Waals surface area contributed by atoms with Gasteiger partial charge in [0.05, 0.1) is 18.7 Å². The molecule has 7 nitrogen and oxygen atoms in total. The lowest BCUT2D eigenvalue weighted by molar-refractivity contribution is 0.0660. The van der Waals surface area contributed by atoms with Crippen molar-refractivity contribution in [2.45, 2.75) is 20.4 Å². The SMILES string of the molecule is CC(C)COc1ncc(C(=O)NCc2ccc(C(=O)O)o2)cc1Cl. The van der Waals surface area contributed by atoms with Crippen molar-refractivity contribution in [1.29, 1.82) is 0 Å². The third-order valence-electron chi connectivity index (χ3n) is 2.92. The zero-order valence-corrected chi connectivity index (χ0v) is 14.0. The summed E-state index contributed by atoms with van der Waals surface area (Å²) in [5.74, 6) is -0.824. The molecule has 0 saturated heterocycles. The normalized spacial score (nSPS) is 10.7. The number of pyridine rings is 1. The summed E-state index contributed by atoms with van der Waals surface area (Å²) in [6, 6.07) is 4.27. The predicted molar refractivity (Wildman–Crippen MR) is 86.4 cm³/mol. The van der Waals surface area contributed by atoms with Gasteiger partial charge in [0, 0.05) is 6.20 Å². The maximum atomic E-state index is 12.1. The second-order valence-corrected chi connectivity index (χ2v) is 5.88. The Morgan fingerprint density at radius 3 is 2.75 bits per heavy atom. The molecular weight excluding hydrogens is 336 g/mol. The minimum Gasteiger partial charge on any atom is -0.476 e. The summed E-state index contributed by atoms with van der Waals surface area (Å²) in [5.41, 5.74) is 0.266. The molecule has 2 aromatic heterocycles. The number of rotatable bonds is 7. The Kier molecular flexibility index (Phi) is 5.81. The van der Waals surface area contributed by atoms with Gasteiger partial charge in [0.2, 0.25) is 11.6 Å². The Morgan fingerprint density at radius 1 is 1.42 bits per heavy atom. The molecule has 0 aliphatic carbocycles. The summed E-state index contributed by atoms with van der Waals surface area (Å²) >= 11 is 6.06. The average molecular weight is 353 g/mol. The lowest BCUT2D eigenvalue weighted by atomic mass is 10.2. The molecule has 128 valence electrons. The van der Waals surface area contributed by atoms with Crippen LogP contribution in [0.1, 0.15) is 40.5 Å². The molecule has 0 atom stereocenters. The largest absolute Gasteiger partial charge is 0.476 e. The van der Waals surface area contributed by atoms with E-state index in [1.54, 1.807) is 0 Å². The Hall–Kier alpha value is -2.54. The van der Waals surface area contributed by atoms with Gasteiger partial charge in [-0.3, -0.25) is 4.79 Å². The molecule has 0 spiro atoms. The average Bonchev–Trinajstić information content (AvgIpc) is 3.00. The molecule has 0 aromatic carbocycles. The molecule has 2 N–H and O–H groups in total. The highest BCUT2D eigenvalue weighted by Gasteiger charge is 2.13. The van der Waals surface area contributed by atoms with E-state index in [4.69, 9.17) is 25.9 Å². The number of nitrogens with zero attached hydrogens (tertiary/aromatic N) is 1. The monoisotopic (exact) mass is 352 g/mol. The van der Waals surface area contributed by atoms with Crippen molar-refractivity contribution >= 4 is 23.5 Å². The number of aromatic carboxylic acids is 1. The highest BCUT2D eigenvalue weighted by atomic mass is 35.5. The number of hydrogen-bond acceptors (Lipinski definition) is 5. The molecule has 1 amide bonds. The number of carbonyl (C=O) groups is 2. The molecule has 0 unspecified atom stereocenters. The number of amides is 1. The number of furan rings is 1. The van der Waals surface area contributed by atoms with Crippen molar-refractivity contribution < 1.29 is 23.8 Å². The van der Waals surface area contributed by atoms with Gasteiger partial charge in [-0.1, -0.05) is 25.4 Å². The first kappa shape index (κ1) is 17.8. The summed E-state index contributed by atoms with van der Waals surface area (Å²) < 4.78 is 10.5. The van der Waals surface area contributed by atoms with Crippen LogP contribution < -0.4 is 10.1 Å². The number of hydrogen-bond donors (Lipinski definition) is 2. The van der Waals surface area contributed by atoms with Gasteiger partial charge in [-0.2, -0.15) is 0 Å². The summed E-state index contributed by atoms with van der Waals surface area (Å²) in [5, 5.41) is 11.6. The maximum Gasteiger partial charge on any atom is 0.371 e. The van der Waals surface area contributed by atoms with Crippen LogP contribution in [0.2, 0.25) is 5.02 Å². The lowest BCUT2D eigenvalue weighted by Gasteiger charge is -2.10. The first-order valence-corrected chi connectivity index (χ1v) is 7.63. The molecule has 0 bridgehead atoms. The summed E-state index contributed by atoms with van der Waals surface area (Å²) in [7, 11) is 0. The van der Waals surface area contributed by atoms with E-state index in [0.29, 0.717) is 18.3 Å². The van der Waals surface area contributed by atoms with Crippen LogP contribution in [-0.4, -0.2) is 28.6 Å². The quantitative estimate of drug-likeness (QED) is 0.794. The van der Waals surface area contributed by atoms with Crippen molar-refractivity contribution in [2.24, 2.45) is 5.92 Å². The van der Waals surface area contributed by atoms with E-state index in [0.717, 1.165) is 0 Å². The van der Waals surface area contributed by atoms with Crippen molar-refractivity contribution in [3.05, 3.63) is 46.5 Å². The Morgan fingerprint density at radius 2 is 2.17 bits per heavy atom. The minimum atomic E-state index is -1.17. The topological polar surface area (TPSA) is 102 Å². The van der Waals surface area contributed by atoms with Gasteiger partial charge in [0.25, 0.3) is 5.91 Å². The van der Waals surface area contributed by atoms with Crippen LogP contribution >= 0.6 is 11.6 Å². The van der Waals surface area contributed by atoms with Crippen molar-refractivity contribution in [1.82, 2.24) is 10.3 Å². The van der Waals surface area contributed by atoms with Crippen LogP contribution in [0.3, 0.4) is 0 Å². The van der Waals surface area contributed by atoms with E-state index in [-0.39, 0.29) is 28.8 Å². The first-order chi connectivity index (χ1) is 11.4. The third-order valence-corrected chi connectivity index (χ3v) is 3.19. The van der Waals surface area contributed by atoms with E-state index < -0.39 is 11.9 Å². The molecule has 2 heterocycles. The molecule has 0 saturated carbocycles.